The van der Waals surface area contributed by atoms with E-state index in [1.165, 1.54) is 16.7 Å². The Bertz CT molecular complexity index is 369. The number of allylic oxidation sites excluding steroid dienone is 1. The summed E-state index contributed by atoms with van der Waals surface area (Å²) in [5.74, 6) is 0. The van der Waals surface area contributed by atoms with Gasteiger partial charge < -0.3 is 5.73 Å². The van der Waals surface area contributed by atoms with E-state index in [4.69, 9.17) is 17.3 Å². The molecule has 0 heterocycles. The molecule has 1 nitrogen and oxygen atoms in total. The van der Waals surface area contributed by atoms with E-state index >= 15 is 0 Å². The molecule has 0 amide bonds. The topological polar surface area (TPSA) is 26.0 Å². The first kappa shape index (κ1) is 9.75. The quantitative estimate of drug-likeness (QED) is 0.793. The molecule has 1 aliphatic rings. The number of hydrogen-bond acceptors (Lipinski definition) is 1. The summed E-state index contributed by atoms with van der Waals surface area (Å²) in [7, 11) is 0. The van der Waals surface area contributed by atoms with Crippen LogP contribution in [0.5, 0.6) is 0 Å². The predicted octanol–water partition coefficient (Wildman–Crippen LogP) is 3.02. The molecule has 0 saturated heterocycles. The maximum absolute atomic E-state index is 6.15. The molecule has 1 aromatic carbocycles. The first-order valence-corrected chi connectivity index (χ1v) is 5.37. The van der Waals surface area contributed by atoms with E-state index in [0.717, 1.165) is 24.3 Å². The van der Waals surface area contributed by atoms with E-state index < -0.39 is 0 Å². The van der Waals surface area contributed by atoms with Crippen molar-refractivity contribution in [3.63, 3.8) is 0 Å². The SMILES string of the molecule is NCCC1=CCCc2c(Cl)cccc21. The van der Waals surface area contributed by atoms with Crippen molar-refractivity contribution in [2.75, 3.05) is 6.54 Å². The average molecular weight is 208 g/mol. The zero-order valence-electron chi connectivity index (χ0n) is 8.09. The van der Waals surface area contributed by atoms with Crippen LogP contribution in [-0.4, -0.2) is 6.54 Å². The zero-order chi connectivity index (χ0) is 9.97. The van der Waals surface area contributed by atoms with Crippen LogP contribution in [-0.2, 0) is 6.42 Å². The van der Waals surface area contributed by atoms with Crippen molar-refractivity contribution >= 4 is 17.2 Å². The second kappa shape index (κ2) is 4.16. The van der Waals surface area contributed by atoms with E-state index in [1.54, 1.807) is 0 Å². The largest absolute Gasteiger partial charge is 0.330 e. The average Bonchev–Trinajstić information content (AvgIpc) is 2.20. The lowest BCUT2D eigenvalue weighted by molar-refractivity contribution is 0.940. The van der Waals surface area contributed by atoms with Crippen LogP contribution in [0.15, 0.2) is 24.3 Å². The predicted molar refractivity (Wildman–Crippen MR) is 61.4 cm³/mol. The Kier molecular flexibility index (Phi) is 2.90. The van der Waals surface area contributed by atoms with Gasteiger partial charge in [-0.15, -0.1) is 0 Å². The number of nitrogens with two attached hydrogens (primary N) is 1. The summed E-state index contributed by atoms with van der Waals surface area (Å²) >= 11 is 6.15. The van der Waals surface area contributed by atoms with E-state index in [-0.39, 0.29) is 0 Å². The second-order valence-electron chi connectivity index (χ2n) is 3.57. The Hall–Kier alpha value is -0.790. The molecule has 2 rings (SSSR count). The molecule has 1 aliphatic carbocycles. The number of rotatable bonds is 2. The molecule has 0 bridgehead atoms. The van der Waals surface area contributed by atoms with Crippen molar-refractivity contribution in [2.45, 2.75) is 19.3 Å². The minimum Gasteiger partial charge on any atom is -0.330 e. The molecular weight excluding hydrogens is 194 g/mol. The molecule has 1 aromatic rings. The molecule has 74 valence electrons. The van der Waals surface area contributed by atoms with Crippen LogP contribution >= 0.6 is 11.6 Å². The van der Waals surface area contributed by atoms with Crippen LogP contribution < -0.4 is 5.73 Å². The fourth-order valence-corrected chi connectivity index (χ4v) is 2.28. The van der Waals surface area contributed by atoms with Crippen molar-refractivity contribution in [3.05, 3.63) is 40.4 Å². The summed E-state index contributed by atoms with van der Waals surface area (Å²) in [4.78, 5) is 0. The summed E-state index contributed by atoms with van der Waals surface area (Å²) in [6.45, 7) is 0.706. The minimum atomic E-state index is 0.706. The van der Waals surface area contributed by atoms with Crippen LogP contribution in [0.2, 0.25) is 5.02 Å². The fraction of sp³-hybridized carbons (Fsp3) is 0.333. The van der Waals surface area contributed by atoms with Crippen molar-refractivity contribution < 1.29 is 0 Å². The Morgan fingerprint density at radius 1 is 1.36 bits per heavy atom. The third-order valence-corrected chi connectivity index (χ3v) is 3.02. The maximum Gasteiger partial charge on any atom is 0.0444 e. The fourth-order valence-electron chi connectivity index (χ4n) is 2.01. The number of halogens is 1. The van der Waals surface area contributed by atoms with Gasteiger partial charge in [0.2, 0.25) is 0 Å². The van der Waals surface area contributed by atoms with Crippen molar-refractivity contribution in [3.8, 4) is 0 Å². The van der Waals surface area contributed by atoms with Crippen molar-refractivity contribution in [1.82, 2.24) is 0 Å². The van der Waals surface area contributed by atoms with Gasteiger partial charge >= 0.3 is 0 Å². The molecule has 0 fully saturated rings. The smallest absolute Gasteiger partial charge is 0.0444 e. The highest BCUT2D eigenvalue weighted by atomic mass is 35.5. The lowest BCUT2D eigenvalue weighted by Gasteiger charge is -2.18. The summed E-state index contributed by atoms with van der Waals surface area (Å²) in [5, 5.41) is 0.894. The van der Waals surface area contributed by atoms with Gasteiger partial charge in [-0.3, -0.25) is 0 Å². The monoisotopic (exact) mass is 207 g/mol. The number of benzene rings is 1. The van der Waals surface area contributed by atoms with Gasteiger partial charge in [0, 0.05) is 5.02 Å². The molecule has 14 heavy (non-hydrogen) atoms. The molecule has 0 saturated carbocycles. The molecule has 0 spiro atoms. The van der Waals surface area contributed by atoms with Gasteiger partial charge in [0.1, 0.15) is 0 Å². The molecule has 2 heteroatoms. The molecule has 0 aromatic heterocycles. The molecule has 0 unspecified atom stereocenters. The number of fused-ring (bicyclic) bond motifs is 1. The Balaban J connectivity index is 2.43. The first-order valence-electron chi connectivity index (χ1n) is 5.00. The number of hydrogen-bond donors (Lipinski definition) is 1. The summed E-state index contributed by atoms with van der Waals surface area (Å²) < 4.78 is 0. The molecule has 2 N–H and O–H groups in total. The summed E-state index contributed by atoms with van der Waals surface area (Å²) in [5.41, 5.74) is 9.53. The maximum atomic E-state index is 6.15. The van der Waals surface area contributed by atoms with E-state index in [2.05, 4.69) is 12.1 Å². The highest BCUT2D eigenvalue weighted by molar-refractivity contribution is 6.31. The van der Waals surface area contributed by atoms with Gasteiger partial charge in [0.25, 0.3) is 0 Å². The van der Waals surface area contributed by atoms with Gasteiger partial charge in [-0.05, 0) is 48.6 Å². The first-order chi connectivity index (χ1) is 6.83. The minimum absolute atomic E-state index is 0.706. The zero-order valence-corrected chi connectivity index (χ0v) is 8.85. The van der Waals surface area contributed by atoms with Crippen LogP contribution in [0.1, 0.15) is 24.0 Å². The van der Waals surface area contributed by atoms with Crippen molar-refractivity contribution in [2.24, 2.45) is 5.73 Å². The second-order valence-corrected chi connectivity index (χ2v) is 3.98. The third kappa shape index (κ3) is 1.70. The third-order valence-electron chi connectivity index (χ3n) is 2.66. The van der Waals surface area contributed by atoms with E-state index in [0.29, 0.717) is 6.54 Å². The van der Waals surface area contributed by atoms with Crippen LogP contribution in [0.25, 0.3) is 5.57 Å². The molecule has 0 atom stereocenters. The summed E-state index contributed by atoms with van der Waals surface area (Å²) in [6, 6.07) is 6.12. The van der Waals surface area contributed by atoms with Gasteiger partial charge in [0.15, 0.2) is 0 Å². The van der Waals surface area contributed by atoms with Crippen molar-refractivity contribution in [1.29, 1.82) is 0 Å². The van der Waals surface area contributed by atoms with Gasteiger partial charge in [-0.25, -0.2) is 0 Å². The van der Waals surface area contributed by atoms with Gasteiger partial charge in [0.05, 0.1) is 0 Å². The Morgan fingerprint density at radius 2 is 2.21 bits per heavy atom. The van der Waals surface area contributed by atoms with Crippen LogP contribution in [0, 0.1) is 0 Å². The Labute approximate surface area is 89.6 Å². The lowest BCUT2D eigenvalue weighted by Crippen LogP contribution is -2.05. The van der Waals surface area contributed by atoms with Gasteiger partial charge in [-0.1, -0.05) is 29.8 Å². The van der Waals surface area contributed by atoms with E-state index in [9.17, 15) is 0 Å². The highest BCUT2D eigenvalue weighted by Gasteiger charge is 2.13. The van der Waals surface area contributed by atoms with E-state index in [1.807, 2.05) is 12.1 Å². The summed E-state index contributed by atoms with van der Waals surface area (Å²) in [6.07, 6.45) is 5.38. The molecule has 0 radical (unpaired) electrons. The normalized spacial score (nSPS) is 14.9. The molecular formula is C12H14ClN. The standard InChI is InChI=1S/C12H14ClN/c13-12-6-2-4-10-9(7-8-14)3-1-5-11(10)12/h2-4,6H,1,5,7-8,14H2. The Morgan fingerprint density at radius 3 is 3.00 bits per heavy atom. The van der Waals surface area contributed by atoms with Crippen LogP contribution in [0.4, 0.5) is 0 Å². The highest BCUT2D eigenvalue weighted by Crippen LogP contribution is 2.32. The van der Waals surface area contributed by atoms with Gasteiger partial charge in [-0.2, -0.15) is 0 Å². The lowest BCUT2D eigenvalue weighted by atomic mass is 9.89. The molecule has 0 aliphatic heterocycles. The van der Waals surface area contributed by atoms with Crippen LogP contribution in [0.3, 0.4) is 0 Å².